The van der Waals surface area contributed by atoms with Crippen molar-refractivity contribution < 1.29 is 28.6 Å². The summed E-state index contributed by atoms with van der Waals surface area (Å²) in [5, 5.41) is 10.0. The number of carbonyl (C=O) groups excluding carboxylic acids is 3. The topological polar surface area (TPSA) is 137 Å². The number of aromatic nitrogens is 3. The van der Waals surface area contributed by atoms with Gasteiger partial charge in [0, 0.05) is 50.7 Å². The lowest BCUT2D eigenvalue weighted by Crippen LogP contribution is -2.57. The number of carbonyl (C=O) groups is 3. The first kappa shape index (κ1) is 29.1. The zero-order valence-corrected chi connectivity index (χ0v) is 23.7. The second kappa shape index (κ2) is 13.9. The van der Waals surface area contributed by atoms with Gasteiger partial charge < -0.3 is 29.7 Å². The van der Waals surface area contributed by atoms with Crippen molar-refractivity contribution in [2.45, 2.75) is 57.4 Å². The standard InChI is InChI=1S/C30H36N6O6/c1-40-24-14-22-15-25(16-24)42-23-6-2-5-21(13-23)18-41-27-9-12-35(29(38)8-4-11-36-20-31-19-33-36)17-26(27)34-28(37)7-3-10-32-30(22)39/h2,5-6,13-16,19-20,26-27H,3-4,7-12,17-18H2,1H3,(H,32,39)(H,34,37)/t26-,27-/m0/s1. The number of likely N-dealkylation sites (tertiary alicyclic amines) is 1. The highest BCUT2D eigenvalue weighted by atomic mass is 16.5. The molecule has 0 saturated carbocycles. The minimum atomic E-state index is -0.356. The Hall–Kier alpha value is -4.45. The van der Waals surface area contributed by atoms with E-state index in [0.29, 0.717) is 81.3 Å². The van der Waals surface area contributed by atoms with Crippen LogP contribution in [0.15, 0.2) is 55.1 Å². The summed E-state index contributed by atoms with van der Waals surface area (Å²) in [4.78, 5) is 44.5. The number of nitrogens with one attached hydrogen (secondary N) is 2. The number of piperidine rings is 1. The van der Waals surface area contributed by atoms with Crippen molar-refractivity contribution in [3.8, 4) is 17.2 Å². The highest BCUT2D eigenvalue weighted by Crippen LogP contribution is 2.28. The van der Waals surface area contributed by atoms with Crippen LogP contribution in [0.2, 0.25) is 0 Å². The Morgan fingerprint density at radius 3 is 2.90 bits per heavy atom. The summed E-state index contributed by atoms with van der Waals surface area (Å²) in [6, 6.07) is 12.2. The number of fused-ring (bicyclic) bond motifs is 5. The SMILES string of the molecule is COc1cc2cc(c1)C(=O)NCCCC(=O)N[C@H]1CN(C(=O)CCCn3cncn3)CC[C@@H]1OCc1cccc(c1)O2. The van der Waals surface area contributed by atoms with E-state index in [-0.39, 0.29) is 36.3 Å². The van der Waals surface area contributed by atoms with E-state index in [1.165, 1.54) is 13.4 Å². The van der Waals surface area contributed by atoms with Gasteiger partial charge in [-0.15, -0.1) is 0 Å². The van der Waals surface area contributed by atoms with Crippen molar-refractivity contribution in [2.75, 3.05) is 26.7 Å². The molecular formula is C30H36N6O6. The second-order valence-electron chi connectivity index (χ2n) is 10.4. The van der Waals surface area contributed by atoms with E-state index in [4.69, 9.17) is 14.2 Å². The Kier molecular flexibility index (Phi) is 9.65. The van der Waals surface area contributed by atoms with Crippen molar-refractivity contribution >= 4 is 17.7 Å². The van der Waals surface area contributed by atoms with Crippen LogP contribution in [0.5, 0.6) is 17.2 Å². The molecule has 5 rings (SSSR count). The molecule has 2 aliphatic rings. The van der Waals surface area contributed by atoms with Gasteiger partial charge in [-0.05, 0) is 49.1 Å². The highest BCUT2D eigenvalue weighted by molar-refractivity contribution is 5.95. The van der Waals surface area contributed by atoms with E-state index in [9.17, 15) is 14.4 Å². The fourth-order valence-electron chi connectivity index (χ4n) is 5.14. The molecule has 0 aliphatic carbocycles. The van der Waals surface area contributed by atoms with Crippen LogP contribution < -0.4 is 20.1 Å². The molecule has 4 bridgehead atoms. The number of methoxy groups -OCH3 is 1. The number of hydrogen-bond acceptors (Lipinski definition) is 8. The fraction of sp³-hybridized carbons (Fsp3) is 0.433. The van der Waals surface area contributed by atoms with Gasteiger partial charge in [-0.1, -0.05) is 12.1 Å². The quantitative estimate of drug-likeness (QED) is 0.473. The van der Waals surface area contributed by atoms with Gasteiger partial charge in [0.15, 0.2) is 0 Å². The van der Waals surface area contributed by atoms with Gasteiger partial charge in [-0.25, -0.2) is 4.98 Å². The van der Waals surface area contributed by atoms with E-state index in [0.717, 1.165) is 5.56 Å². The minimum absolute atomic E-state index is 0.0367. The van der Waals surface area contributed by atoms with Crippen molar-refractivity contribution in [3.63, 3.8) is 0 Å². The first-order chi connectivity index (χ1) is 20.5. The van der Waals surface area contributed by atoms with Crippen molar-refractivity contribution in [1.29, 1.82) is 0 Å². The summed E-state index contributed by atoms with van der Waals surface area (Å²) >= 11 is 0. The molecule has 3 heterocycles. The lowest BCUT2D eigenvalue weighted by atomic mass is 10.0. The monoisotopic (exact) mass is 576 g/mol. The molecule has 2 aliphatic heterocycles. The normalized spacial score (nSPS) is 19.8. The molecule has 1 fully saturated rings. The Labute approximate surface area is 244 Å². The summed E-state index contributed by atoms with van der Waals surface area (Å²) in [5.74, 6) is 1.16. The lowest BCUT2D eigenvalue weighted by molar-refractivity contribution is -0.137. The van der Waals surface area contributed by atoms with Crippen molar-refractivity contribution in [2.24, 2.45) is 0 Å². The molecule has 222 valence electrons. The lowest BCUT2D eigenvalue weighted by Gasteiger charge is -2.39. The van der Waals surface area contributed by atoms with Crippen LogP contribution in [-0.4, -0.2) is 76.3 Å². The van der Waals surface area contributed by atoms with Gasteiger partial charge in [-0.2, -0.15) is 5.10 Å². The van der Waals surface area contributed by atoms with Gasteiger partial charge >= 0.3 is 0 Å². The van der Waals surface area contributed by atoms with Crippen LogP contribution in [0.3, 0.4) is 0 Å². The predicted molar refractivity (Wildman–Crippen MR) is 152 cm³/mol. The molecule has 3 aromatic rings. The molecule has 1 aromatic heterocycles. The molecule has 1 saturated heterocycles. The number of nitrogens with zero attached hydrogens (tertiary/aromatic N) is 4. The smallest absolute Gasteiger partial charge is 0.251 e. The Morgan fingerprint density at radius 2 is 2.07 bits per heavy atom. The minimum Gasteiger partial charge on any atom is -0.497 e. The number of rotatable bonds is 5. The highest BCUT2D eigenvalue weighted by Gasteiger charge is 2.33. The van der Waals surface area contributed by atoms with E-state index < -0.39 is 0 Å². The molecule has 0 unspecified atom stereocenters. The zero-order chi connectivity index (χ0) is 29.3. The molecule has 0 radical (unpaired) electrons. The van der Waals surface area contributed by atoms with Crippen LogP contribution in [0.1, 0.15) is 48.0 Å². The molecule has 0 spiro atoms. The summed E-state index contributed by atoms with van der Waals surface area (Å²) in [6.45, 7) is 2.17. The number of hydrogen-bond donors (Lipinski definition) is 2. The van der Waals surface area contributed by atoms with E-state index >= 15 is 0 Å². The van der Waals surface area contributed by atoms with Crippen LogP contribution >= 0.6 is 0 Å². The molecule has 2 atom stereocenters. The Balaban J connectivity index is 1.28. The van der Waals surface area contributed by atoms with Crippen LogP contribution in [0, 0.1) is 0 Å². The van der Waals surface area contributed by atoms with Gasteiger partial charge in [0.05, 0.1) is 25.9 Å². The molecule has 2 aromatic carbocycles. The average Bonchev–Trinajstić information content (AvgIpc) is 3.51. The summed E-state index contributed by atoms with van der Waals surface area (Å²) < 4.78 is 19.5. The third kappa shape index (κ3) is 7.84. The first-order valence-corrected chi connectivity index (χ1v) is 14.2. The van der Waals surface area contributed by atoms with E-state index in [2.05, 4.69) is 20.7 Å². The van der Waals surface area contributed by atoms with Crippen LogP contribution in [-0.2, 0) is 27.5 Å². The predicted octanol–water partition coefficient (Wildman–Crippen LogP) is 2.69. The zero-order valence-electron chi connectivity index (χ0n) is 23.7. The molecule has 12 heteroatoms. The third-order valence-corrected chi connectivity index (χ3v) is 7.34. The molecular weight excluding hydrogens is 540 g/mol. The summed E-state index contributed by atoms with van der Waals surface area (Å²) in [5.41, 5.74) is 1.29. The third-order valence-electron chi connectivity index (χ3n) is 7.34. The fourth-order valence-corrected chi connectivity index (χ4v) is 5.14. The van der Waals surface area contributed by atoms with Crippen molar-refractivity contribution in [3.05, 3.63) is 66.2 Å². The largest absolute Gasteiger partial charge is 0.497 e. The molecule has 12 nitrogen and oxygen atoms in total. The number of aryl methyl sites for hydroxylation is 1. The number of amides is 3. The van der Waals surface area contributed by atoms with Gasteiger partial charge in [0.1, 0.15) is 29.9 Å². The summed E-state index contributed by atoms with van der Waals surface area (Å²) in [6.07, 6.45) is 5.15. The number of benzene rings is 2. The summed E-state index contributed by atoms with van der Waals surface area (Å²) in [7, 11) is 1.53. The Bertz CT molecular complexity index is 1380. The van der Waals surface area contributed by atoms with E-state index in [1.807, 2.05) is 24.3 Å². The van der Waals surface area contributed by atoms with E-state index in [1.54, 1.807) is 34.1 Å². The molecule has 42 heavy (non-hydrogen) atoms. The molecule has 2 N–H and O–H groups in total. The van der Waals surface area contributed by atoms with Crippen LogP contribution in [0.4, 0.5) is 0 Å². The van der Waals surface area contributed by atoms with Gasteiger partial charge in [-0.3, -0.25) is 19.1 Å². The first-order valence-electron chi connectivity index (χ1n) is 14.2. The maximum Gasteiger partial charge on any atom is 0.251 e. The van der Waals surface area contributed by atoms with Crippen LogP contribution in [0.25, 0.3) is 0 Å². The number of ether oxygens (including phenoxy) is 3. The van der Waals surface area contributed by atoms with Gasteiger partial charge in [0.25, 0.3) is 5.91 Å². The average molecular weight is 577 g/mol. The van der Waals surface area contributed by atoms with Crippen molar-refractivity contribution in [1.82, 2.24) is 30.3 Å². The maximum absolute atomic E-state index is 13.0. The second-order valence-corrected chi connectivity index (χ2v) is 10.4. The maximum atomic E-state index is 13.0. The van der Waals surface area contributed by atoms with Gasteiger partial charge in [0.2, 0.25) is 11.8 Å². The molecule has 3 amide bonds. The Morgan fingerprint density at radius 1 is 1.17 bits per heavy atom.